The number of hydrogen-bond donors (Lipinski definition) is 3. The van der Waals surface area contributed by atoms with E-state index >= 15 is 0 Å². The number of fused-ring (bicyclic) bond motifs is 1. The fourth-order valence-corrected chi connectivity index (χ4v) is 5.95. The first kappa shape index (κ1) is 30.3. The average Bonchev–Trinajstić information content (AvgIpc) is 3.25. The fourth-order valence-electron chi connectivity index (χ4n) is 5.95. The predicted octanol–water partition coefficient (Wildman–Crippen LogP) is 4.44. The van der Waals surface area contributed by atoms with Crippen molar-refractivity contribution in [2.45, 2.75) is 109 Å². The highest BCUT2D eigenvalue weighted by Crippen LogP contribution is 2.45. The number of carbonyl (C=O) groups excluding carboxylic acids is 1. The topological polar surface area (TPSA) is 119 Å². The molecule has 0 bridgehead atoms. The van der Waals surface area contributed by atoms with Crippen molar-refractivity contribution in [2.24, 2.45) is 11.8 Å². The molecule has 9 nitrogen and oxygen atoms in total. The summed E-state index contributed by atoms with van der Waals surface area (Å²) in [5, 5.41) is 18.3. The van der Waals surface area contributed by atoms with Crippen LogP contribution in [0.25, 0.3) is 0 Å². The summed E-state index contributed by atoms with van der Waals surface area (Å²) in [5.41, 5.74) is 4.31. The number of nitrogens with one attached hydrogen (secondary N) is 3. The third-order valence-corrected chi connectivity index (χ3v) is 8.72. The lowest BCUT2D eigenvalue weighted by Gasteiger charge is -2.47. The number of nitriles is 1. The van der Waals surface area contributed by atoms with Gasteiger partial charge in [-0.1, -0.05) is 47.6 Å². The monoisotopic (exact) mass is 584 g/mol. The molecule has 2 aromatic rings. The van der Waals surface area contributed by atoms with E-state index in [0.29, 0.717) is 5.56 Å². The Balaban J connectivity index is 1.41. The van der Waals surface area contributed by atoms with Gasteiger partial charge in [-0.25, -0.2) is 20.4 Å². The molecule has 3 N–H and O–H groups in total. The molecule has 1 amide bonds. The van der Waals surface area contributed by atoms with E-state index in [1.54, 1.807) is 5.01 Å². The number of rotatable bonds is 4. The Morgan fingerprint density at radius 3 is 2.14 bits per heavy atom. The van der Waals surface area contributed by atoms with Crippen LogP contribution in [0.1, 0.15) is 102 Å². The van der Waals surface area contributed by atoms with Crippen LogP contribution in [-0.4, -0.2) is 44.2 Å². The summed E-state index contributed by atoms with van der Waals surface area (Å²) >= 11 is 0. The molecule has 0 radical (unpaired) electrons. The second-order valence-corrected chi connectivity index (χ2v) is 13.8. The van der Waals surface area contributed by atoms with Crippen LogP contribution in [0.4, 0.5) is 13.2 Å². The zero-order valence-electron chi connectivity index (χ0n) is 25.0. The molecule has 1 aliphatic carbocycles. The molecule has 0 spiro atoms. The van der Waals surface area contributed by atoms with Gasteiger partial charge in [-0.3, -0.25) is 15.1 Å². The van der Waals surface area contributed by atoms with Crippen LogP contribution in [0, 0.1) is 23.2 Å². The summed E-state index contributed by atoms with van der Waals surface area (Å²) in [6.45, 7) is 14.6. The summed E-state index contributed by atoms with van der Waals surface area (Å²) < 4.78 is 39.2. The van der Waals surface area contributed by atoms with E-state index in [-0.39, 0.29) is 28.6 Å². The molecule has 7 atom stereocenters. The number of hydrogen-bond acceptors (Lipinski definition) is 8. The number of hydrazine groups is 1. The summed E-state index contributed by atoms with van der Waals surface area (Å²) in [6, 6.07) is 5.31. The molecule has 3 fully saturated rings. The Bertz CT molecular complexity index is 1340. The zero-order chi connectivity index (χ0) is 30.8. The van der Waals surface area contributed by atoms with Gasteiger partial charge in [0.25, 0.3) is 0 Å². The Morgan fingerprint density at radius 2 is 1.67 bits per heavy atom. The van der Waals surface area contributed by atoms with Gasteiger partial charge in [-0.2, -0.15) is 18.4 Å². The maximum Gasteiger partial charge on any atom is 0.433 e. The number of alkyl halides is 3. The van der Waals surface area contributed by atoms with Crippen LogP contribution < -0.4 is 16.1 Å². The highest BCUT2D eigenvalue weighted by molar-refractivity contribution is 5.82. The van der Waals surface area contributed by atoms with Gasteiger partial charge in [0.05, 0.1) is 24.3 Å². The molecule has 2 aliphatic heterocycles. The SMILES string of the molecule is C[C@@H](c1ccc(C(F)(F)F)nc1)N1NC(C#N)C2C(=O)NC(C3CC[C@H]3c3nc(C(C)(C)C)cc(C(C)(C)C)n3)NC21. The molecule has 5 rings (SSSR count). The molecule has 5 unspecified atom stereocenters. The molecule has 226 valence electrons. The Hall–Kier alpha value is -3.14. The van der Waals surface area contributed by atoms with Crippen molar-refractivity contribution in [3.8, 4) is 6.07 Å². The van der Waals surface area contributed by atoms with Gasteiger partial charge in [-0.15, -0.1) is 0 Å². The highest BCUT2D eigenvalue weighted by atomic mass is 19.4. The molecule has 2 aromatic heterocycles. The number of nitrogens with zero attached hydrogens (tertiary/aromatic N) is 5. The van der Waals surface area contributed by atoms with Gasteiger partial charge in [0.15, 0.2) is 0 Å². The van der Waals surface area contributed by atoms with Crippen LogP contribution in [0.5, 0.6) is 0 Å². The largest absolute Gasteiger partial charge is 0.433 e. The minimum atomic E-state index is -4.54. The Labute approximate surface area is 244 Å². The first-order chi connectivity index (χ1) is 19.5. The minimum Gasteiger partial charge on any atom is -0.340 e. The molecular formula is C30H39F3N8O. The number of halogens is 3. The van der Waals surface area contributed by atoms with Crippen molar-refractivity contribution in [1.29, 1.82) is 5.26 Å². The molecule has 12 heteroatoms. The Kier molecular flexibility index (Phi) is 7.61. The summed E-state index contributed by atoms with van der Waals surface area (Å²) in [6.07, 6.45) is -2.54. The van der Waals surface area contributed by atoms with Crippen molar-refractivity contribution in [3.05, 3.63) is 52.9 Å². The van der Waals surface area contributed by atoms with Crippen molar-refractivity contribution < 1.29 is 18.0 Å². The average molecular weight is 585 g/mol. The summed E-state index contributed by atoms with van der Waals surface area (Å²) in [7, 11) is 0. The number of pyridine rings is 1. The zero-order valence-corrected chi connectivity index (χ0v) is 25.0. The number of aromatic nitrogens is 3. The first-order valence-corrected chi connectivity index (χ1v) is 14.4. The quantitative estimate of drug-likeness (QED) is 0.483. The lowest BCUT2D eigenvalue weighted by atomic mass is 9.70. The lowest BCUT2D eigenvalue weighted by Crippen LogP contribution is -2.68. The van der Waals surface area contributed by atoms with E-state index in [1.807, 2.05) is 6.92 Å². The van der Waals surface area contributed by atoms with Gasteiger partial charge in [0.2, 0.25) is 5.91 Å². The van der Waals surface area contributed by atoms with Crippen molar-refractivity contribution in [1.82, 2.24) is 36.0 Å². The lowest BCUT2D eigenvalue weighted by molar-refractivity contribution is -0.141. The number of amides is 1. The first-order valence-electron chi connectivity index (χ1n) is 14.4. The van der Waals surface area contributed by atoms with Crippen molar-refractivity contribution in [2.75, 3.05) is 0 Å². The maximum absolute atomic E-state index is 13.4. The van der Waals surface area contributed by atoms with Crippen LogP contribution in [0.3, 0.4) is 0 Å². The van der Waals surface area contributed by atoms with E-state index in [0.717, 1.165) is 36.1 Å². The molecule has 4 heterocycles. The standard InChI is InChI=1S/C30H39F3N8O/c1-15(16-8-11-20(35-14-16)30(31,32)33)41-26-23(19(13-34)40-41)27(42)39-25(38-26)18-10-9-17(18)24-36-21(28(2,3)4)12-22(37-24)29(5,6)7/h8,11-12,14-15,17-19,23,25-26,38,40H,9-10H2,1-7H3,(H,39,42)/t15-,17+,18?,19?,23?,25?,26?/m0/s1. The van der Waals surface area contributed by atoms with E-state index in [2.05, 4.69) is 74.7 Å². The molecule has 42 heavy (non-hydrogen) atoms. The second kappa shape index (κ2) is 10.5. The highest BCUT2D eigenvalue weighted by Gasteiger charge is 2.54. The molecule has 0 aromatic carbocycles. The molecule has 3 aliphatic rings. The fraction of sp³-hybridized carbons (Fsp3) is 0.633. The minimum absolute atomic E-state index is 0.0314. The van der Waals surface area contributed by atoms with Gasteiger partial charge in [0, 0.05) is 46.3 Å². The number of carbonyl (C=O) groups is 1. The van der Waals surface area contributed by atoms with Gasteiger partial charge in [0.1, 0.15) is 17.6 Å². The second-order valence-electron chi connectivity index (χ2n) is 13.8. The van der Waals surface area contributed by atoms with E-state index in [9.17, 15) is 23.2 Å². The van der Waals surface area contributed by atoms with Gasteiger partial charge in [-0.05, 0) is 37.5 Å². The summed E-state index contributed by atoms with van der Waals surface area (Å²) in [4.78, 5) is 27.0. The van der Waals surface area contributed by atoms with Crippen LogP contribution in [0.2, 0.25) is 0 Å². The van der Waals surface area contributed by atoms with E-state index in [1.165, 1.54) is 12.3 Å². The van der Waals surface area contributed by atoms with Crippen molar-refractivity contribution >= 4 is 5.91 Å². The van der Waals surface area contributed by atoms with E-state index < -0.39 is 42.2 Å². The van der Waals surface area contributed by atoms with Crippen molar-refractivity contribution in [3.63, 3.8) is 0 Å². The normalized spacial score (nSPS) is 29.3. The third kappa shape index (κ3) is 5.62. The molecular weight excluding hydrogens is 545 g/mol. The third-order valence-electron chi connectivity index (χ3n) is 8.72. The van der Waals surface area contributed by atoms with Crippen LogP contribution in [-0.2, 0) is 21.8 Å². The Morgan fingerprint density at radius 1 is 1.02 bits per heavy atom. The molecule has 2 saturated heterocycles. The van der Waals surface area contributed by atoms with Crippen LogP contribution >= 0.6 is 0 Å². The summed E-state index contributed by atoms with van der Waals surface area (Å²) in [5.74, 6) is -0.101. The maximum atomic E-state index is 13.4. The van der Waals surface area contributed by atoms with Crippen LogP contribution in [0.15, 0.2) is 24.4 Å². The van der Waals surface area contributed by atoms with Gasteiger partial charge >= 0.3 is 6.18 Å². The van der Waals surface area contributed by atoms with E-state index in [4.69, 9.17) is 9.97 Å². The smallest absolute Gasteiger partial charge is 0.340 e. The predicted molar refractivity (Wildman–Crippen MR) is 149 cm³/mol. The molecule has 1 saturated carbocycles. The van der Waals surface area contributed by atoms with Gasteiger partial charge < -0.3 is 5.32 Å².